The minimum absolute atomic E-state index is 0.246. The van der Waals surface area contributed by atoms with Gasteiger partial charge in [-0.05, 0) is 50.9 Å². The highest BCUT2D eigenvalue weighted by Crippen LogP contribution is 2.16. The Kier molecular flexibility index (Phi) is 5.67. The van der Waals surface area contributed by atoms with Crippen molar-refractivity contribution >= 4 is 0 Å². The van der Waals surface area contributed by atoms with E-state index >= 15 is 0 Å². The molecular formula is C16H26N2O. The van der Waals surface area contributed by atoms with Crippen molar-refractivity contribution in [1.29, 1.82) is 0 Å². The van der Waals surface area contributed by atoms with E-state index < -0.39 is 0 Å². The van der Waals surface area contributed by atoms with Gasteiger partial charge in [-0.2, -0.15) is 0 Å². The van der Waals surface area contributed by atoms with Crippen LogP contribution in [0, 0.1) is 0 Å². The molecule has 2 rings (SSSR count). The molecule has 1 heterocycles. The van der Waals surface area contributed by atoms with Crippen molar-refractivity contribution in [1.82, 2.24) is 10.2 Å². The Morgan fingerprint density at radius 2 is 2.05 bits per heavy atom. The van der Waals surface area contributed by atoms with E-state index in [1.54, 1.807) is 0 Å². The number of ether oxygens (including phenoxy) is 1. The monoisotopic (exact) mass is 262 g/mol. The molecule has 1 aliphatic rings. The van der Waals surface area contributed by atoms with Crippen LogP contribution in [0.3, 0.4) is 0 Å². The van der Waals surface area contributed by atoms with Gasteiger partial charge in [-0.15, -0.1) is 0 Å². The summed E-state index contributed by atoms with van der Waals surface area (Å²) in [6.45, 7) is 9.99. The molecule has 1 aliphatic heterocycles. The number of nitrogens with one attached hydrogen (secondary N) is 1. The number of hydrogen-bond donors (Lipinski definition) is 1. The molecule has 1 saturated heterocycles. The lowest BCUT2D eigenvalue weighted by molar-refractivity contribution is 0.238. The van der Waals surface area contributed by atoms with Gasteiger partial charge < -0.3 is 15.0 Å². The number of rotatable bonds is 6. The number of benzene rings is 1. The van der Waals surface area contributed by atoms with E-state index in [4.69, 9.17) is 4.74 Å². The molecule has 0 amide bonds. The fourth-order valence-corrected chi connectivity index (χ4v) is 2.49. The van der Waals surface area contributed by atoms with Crippen LogP contribution in [0.5, 0.6) is 5.75 Å². The summed E-state index contributed by atoms with van der Waals surface area (Å²) in [5, 5.41) is 3.39. The molecule has 1 aromatic carbocycles. The van der Waals surface area contributed by atoms with Crippen molar-refractivity contribution in [2.24, 2.45) is 0 Å². The van der Waals surface area contributed by atoms with Gasteiger partial charge >= 0.3 is 0 Å². The molecule has 0 aromatic heterocycles. The third-order valence-corrected chi connectivity index (χ3v) is 3.42. The number of piperazine rings is 1. The van der Waals surface area contributed by atoms with E-state index in [9.17, 15) is 0 Å². The van der Waals surface area contributed by atoms with E-state index in [1.165, 1.54) is 31.6 Å². The van der Waals surface area contributed by atoms with Crippen molar-refractivity contribution in [2.45, 2.75) is 32.8 Å². The quantitative estimate of drug-likeness (QED) is 0.851. The highest BCUT2D eigenvalue weighted by molar-refractivity contribution is 5.28. The molecule has 3 nitrogen and oxygen atoms in total. The van der Waals surface area contributed by atoms with Crippen molar-refractivity contribution in [3.8, 4) is 5.75 Å². The Bertz CT molecular complexity index is 373. The fourth-order valence-electron chi connectivity index (χ4n) is 2.49. The molecule has 0 atom stereocenters. The standard InChI is InChI=1S/C16H26N2O/c1-14(2)19-16-7-3-5-15(13-16)6-4-10-18-11-8-17-9-12-18/h3,5,7,13-14,17H,4,6,8-12H2,1-2H3. The summed E-state index contributed by atoms with van der Waals surface area (Å²) in [6, 6.07) is 8.51. The zero-order valence-electron chi connectivity index (χ0n) is 12.2. The van der Waals surface area contributed by atoms with E-state index in [2.05, 4.69) is 42.3 Å². The third-order valence-electron chi connectivity index (χ3n) is 3.42. The highest BCUT2D eigenvalue weighted by atomic mass is 16.5. The Hall–Kier alpha value is -1.06. The molecule has 106 valence electrons. The van der Waals surface area contributed by atoms with E-state index in [0.29, 0.717) is 0 Å². The molecule has 0 aliphatic carbocycles. The summed E-state index contributed by atoms with van der Waals surface area (Å²) in [6.07, 6.45) is 2.61. The predicted molar refractivity (Wildman–Crippen MR) is 79.8 cm³/mol. The molecule has 1 fully saturated rings. The maximum atomic E-state index is 5.73. The maximum absolute atomic E-state index is 5.73. The lowest BCUT2D eigenvalue weighted by Gasteiger charge is -2.27. The van der Waals surface area contributed by atoms with Gasteiger partial charge in [-0.1, -0.05) is 12.1 Å². The lowest BCUT2D eigenvalue weighted by Crippen LogP contribution is -2.43. The normalized spacial score (nSPS) is 16.8. The van der Waals surface area contributed by atoms with E-state index in [-0.39, 0.29) is 6.10 Å². The van der Waals surface area contributed by atoms with E-state index in [0.717, 1.165) is 25.3 Å². The van der Waals surface area contributed by atoms with Crippen LogP contribution < -0.4 is 10.1 Å². The molecule has 0 radical (unpaired) electrons. The van der Waals surface area contributed by atoms with Gasteiger partial charge in [0, 0.05) is 26.2 Å². The average molecular weight is 262 g/mol. The maximum Gasteiger partial charge on any atom is 0.119 e. The Morgan fingerprint density at radius 1 is 1.26 bits per heavy atom. The first-order valence-electron chi connectivity index (χ1n) is 7.43. The first-order valence-corrected chi connectivity index (χ1v) is 7.43. The molecule has 19 heavy (non-hydrogen) atoms. The molecule has 0 unspecified atom stereocenters. The molecule has 3 heteroatoms. The SMILES string of the molecule is CC(C)Oc1cccc(CCCN2CCNCC2)c1. The van der Waals surface area contributed by atoms with Gasteiger partial charge in [0.15, 0.2) is 0 Å². The minimum Gasteiger partial charge on any atom is -0.491 e. The van der Waals surface area contributed by atoms with Crippen LogP contribution >= 0.6 is 0 Å². The molecular weight excluding hydrogens is 236 g/mol. The zero-order valence-corrected chi connectivity index (χ0v) is 12.2. The van der Waals surface area contributed by atoms with Crippen molar-refractivity contribution < 1.29 is 4.74 Å². The van der Waals surface area contributed by atoms with Crippen molar-refractivity contribution in [2.75, 3.05) is 32.7 Å². The van der Waals surface area contributed by atoms with Gasteiger partial charge in [0.1, 0.15) is 5.75 Å². The van der Waals surface area contributed by atoms with Crippen LogP contribution in [0.25, 0.3) is 0 Å². The summed E-state index contributed by atoms with van der Waals surface area (Å²) >= 11 is 0. The van der Waals surface area contributed by atoms with Crippen LogP contribution in [0.1, 0.15) is 25.8 Å². The summed E-state index contributed by atoms with van der Waals surface area (Å²) in [7, 11) is 0. The lowest BCUT2D eigenvalue weighted by atomic mass is 10.1. The first-order chi connectivity index (χ1) is 9.24. The van der Waals surface area contributed by atoms with Gasteiger partial charge in [0.25, 0.3) is 0 Å². The summed E-state index contributed by atoms with van der Waals surface area (Å²) < 4.78 is 5.73. The Morgan fingerprint density at radius 3 is 2.79 bits per heavy atom. The smallest absolute Gasteiger partial charge is 0.119 e. The van der Waals surface area contributed by atoms with Crippen molar-refractivity contribution in [3.63, 3.8) is 0 Å². The number of nitrogens with zero attached hydrogens (tertiary/aromatic N) is 1. The topological polar surface area (TPSA) is 24.5 Å². The molecule has 0 bridgehead atoms. The second kappa shape index (κ2) is 7.51. The van der Waals surface area contributed by atoms with Gasteiger partial charge in [-0.25, -0.2) is 0 Å². The van der Waals surface area contributed by atoms with Crippen LogP contribution in [0.2, 0.25) is 0 Å². The van der Waals surface area contributed by atoms with Crippen LogP contribution in [-0.4, -0.2) is 43.7 Å². The summed E-state index contributed by atoms with van der Waals surface area (Å²) in [5.74, 6) is 0.995. The van der Waals surface area contributed by atoms with Crippen molar-refractivity contribution in [3.05, 3.63) is 29.8 Å². The highest BCUT2D eigenvalue weighted by Gasteiger charge is 2.08. The summed E-state index contributed by atoms with van der Waals surface area (Å²) in [5.41, 5.74) is 1.38. The average Bonchev–Trinajstić information content (AvgIpc) is 2.40. The Labute approximate surface area is 116 Å². The molecule has 0 spiro atoms. The first kappa shape index (κ1) is 14.4. The molecule has 1 aromatic rings. The van der Waals surface area contributed by atoms with Crippen LogP contribution in [0.4, 0.5) is 0 Å². The largest absolute Gasteiger partial charge is 0.491 e. The predicted octanol–water partition coefficient (Wildman–Crippen LogP) is 2.31. The number of aryl methyl sites for hydroxylation is 1. The van der Waals surface area contributed by atoms with Crippen LogP contribution in [0.15, 0.2) is 24.3 Å². The van der Waals surface area contributed by atoms with Crippen LogP contribution in [-0.2, 0) is 6.42 Å². The second-order valence-electron chi connectivity index (χ2n) is 5.51. The Balaban J connectivity index is 1.75. The van der Waals surface area contributed by atoms with E-state index in [1.807, 2.05) is 6.07 Å². The zero-order chi connectivity index (χ0) is 13.5. The molecule has 0 saturated carbocycles. The third kappa shape index (κ3) is 5.21. The summed E-state index contributed by atoms with van der Waals surface area (Å²) in [4.78, 5) is 2.55. The second-order valence-corrected chi connectivity index (χ2v) is 5.51. The fraction of sp³-hybridized carbons (Fsp3) is 0.625. The minimum atomic E-state index is 0.246. The molecule has 1 N–H and O–H groups in total. The van der Waals surface area contributed by atoms with Gasteiger partial charge in [0.05, 0.1) is 6.10 Å². The number of hydrogen-bond acceptors (Lipinski definition) is 3. The van der Waals surface area contributed by atoms with Gasteiger partial charge in [-0.3, -0.25) is 0 Å². The van der Waals surface area contributed by atoms with Gasteiger partial charge in [0.2, 0.25) is 0 Å².